The molecule has 1 N–H and O–H groups in total. The molecule has 4 aliphatic rings. The van der Waals surface area contributed by atoms with Gasteiger partial charge >= 0.3 is 0 Å². The fourth-order valence-corrected chi connectivity index (χ4v) is 10.0. The Bertz CT molecular complexity index is 1760. The molecule has 4 atom stereocenters. The van der Waals surface area contributed by atoms with Crippen LogP contribution in [0.4, 0.5) is 10.1 Å². The van der Waals surface area contributed by atoms with Crippen LogP contribution in [-0.2, 0) is 15.6 Å². The second-order valence-electron chi connectivity index (χ2n) is 16.7. The minimum absolute atomic E-state index is 0.0361. The van der Waals surface area contributed by atoms with Crippen molar-refractivity contribution in [1.29, 1.82) is 0 Å². The van der Waals surface area contributed by atoms with Gasteiger partial charge in [-0.1, -0.05) is 59.1 Å². The smallest absolute Gasteiger partial charge is 0.265 e. The highest BCUT2D eigenvalue weighted by Gasteiger charge is 2.69. The molecule has 1 aromatic carbocycles. The minimum Gasteiger partial charge on any atom is -0.507 e. The van der Waals surface area contributed by atoms with Crippen LogP contribution in [0.2, 0.25) is 23.2 Å². The second kappa shape index (κ2) is 14.4. The number of ether oxygens (including phenoxy) is 2. The molecule has 6 rings (SSSR count). The van der Waals surface area contributed by atoms with Crippen LogP contribution in [0.25, 0.3) is 5.76 Å². The van der Waals surface area contributed by atoms with Gasteiger partial charge in [-0.05, 0) is 81.8 Å². The normalized spacial score (nSPS) is 24.6. The zero-order chi connectivity index (χ0) is 37.9. The number of aliphatic hydroxyl groups is 1. The topological polar surface area (TPSA) is 115 Å². The number of fused-ring (bicyclic) bond motifs is 4. The lowest BCUT2D eigenvalue weighted by Gasteiger charge is -2.55. The number of aromatic nitrogens is 1. The van der Waals surface area contributed by atoms with Gasteiger partial charge in [-0.25, -0.2) is 4.39 Å². The van der Waals surface area contributed by atoms with Crippen LogP contribution in [0.5, 0.6) is 11.6 Å². The number of carbonyl (C=O) groups is 2. The van der Waals surface area contributed by atoms with Gasteiger partial charge in [0.25, 0.3) is 5.88 Å². The van der Waals surface area contributed by atoms with Gasteiger partial charge in [0.1, 0.15) is 16.3 Å². The largest absolute Gasteiger partial charge is 0.507 e. The summed E-state index contributed by atoms with van der Waals surface area (Å²) < 4.78 is 42.3. The maximum absolute atomic E-state index is 16.9. The van der Waals surface area contributed by atoms with Crippen LogP contribution in [0.3, 0.4) is 0 Å². The number of aliphatic hydroxyl groups excluding tert-OH is 1. The molecule has 2 fully saturated rings. The van der Waals surface area contributed by atoms with Crippen molar-refractivity contribution in [3.63, 3.8) is 0 Å². The van der Waals surface area contributed by atoms with Crippen molar-refractivity contribution in [1.82, 2.24) is 10.1 Å². The predicted molar refractivity (Wildman–Crippen MR) is 202 cm³/mol. The van der Waals surface area contributed by atoms with Crippen LogP contribution in [-0.4, -0.2) is 81.0 Å². The molecule has 2 heterocycles. The first-order chi connectivity index (χ1) is 24.5. The lowest BCUT2D eigenvalue weighted by Crippen LogP contribution is -2.68. The zero-order valence-corrected chi connectivity index (χ0v) is 34.0. The molecule has 3 aliphatic carbocycles. The maximum Gasteiger partial charge on any atom is 0.265 e. The average Bonchev–Trinajstić information content (AvgIpc) is 3.74. The molecule has 2 aromatic rings. The van der Waals surface area contributed by atoms with Gasteiger partial charge < -0.3 is 28.4 Å². The molecule has 1 aromatic heterocycles. The molecule has 0 spiro atoms. The number of unbranched alkanes of at least 4 members (excludes halogenated alkanes) is 2. The minimum atomic E-state index is -2.90. The van der Waals surface area contributed by atoms with E-state index >= 15 is 14.0 Å². The molecule has 52 heavy (non-hydrogen) atoms. The van der Waals surface area contributed by atoms with Gasteiger partial charge in [-0.2, -0.15) is 0 Å². The highest BCUT2D eigenvalue weighted by Crippen LogP contribution is 2.60. The van der Waals surface area contributed by atoms with E-state index in [0.29, 0.717) is 32.1 Å². The number of carbonyl (C=O) groups excluding carboxylic acids is 2. The first-order valence-corrected chi connectivity index (χ1v) is 22.3. The SMILES string of the molecule is CCCCOc1noc2c1C(=O)[C@@]1(O[Si](C)(C)C(C)(C)C)C(=O)C3=C(O)c4c(c(F)c(N5CCCC5)c(Cl)c4OCCCC)C[C@H]3C[C@H]1[C@@H]2N(C)C. The third-order valence-electron chi connectivity index (χ3n) is 12.0. The zero-order valence-electron chi connectivity index (χ0n) is 32.2. The summed E-state index contributed by atoms with van der Waals surface area (Å²) in [5.74, 6) is -2.94. The number of halogens is 2. The molecule has 1 aliphatic heterocycles. The van der Waals surface area contributed by atoms with Gasteiger partial charge in [-0.15, -0.1) is 0 Å². The third-order valence-corrected chi connectivity index (χ3v) is 16.8. The van der Waals surface area contributed by atoms with E-state index in [0.717, 1.165) is 38.5 Å². The third kappa shape index (κ3) is 6.09. The van der Waals surface area contributed by atoms with E-state index in [9.17, 15) is 5.11 Å². The highest BCUT2D eigenvalue weighted by molar-refractivity contribution is 6.74. The van der Waals surface area contributed by atoms with E-state index in [1.54, 1.807) is 0 Å². The number of nitrogens with zero attached hydrogens (tertiary/aromatic N) is 3. The number of hydrogen-bond acceptors (Lipinski definition) is 10. The summed E-state index contributed by atoms with van der Waals surface area (Å²) >= 11 is 7.02. The first-order valence-electron chi connectivity index (χ1n) is 19.0. The standard InChI is InChI=1S/C39H55ClFN3O7Si/c1-10-12-18-48-33-26-23(29(41)31(28(33)40)44-16-14-15-17-44)20-22-21-24-30(43(6)7)34-27(37(42-50-34)49-19-13-11-2)36(47)39(24,35(46)25(22)32(26)45)51-52(8,9)38(3,4)5/h22,24,30,45H,10-21H2,1-9H3/t22-,24-,30-,39-/m0/s1. The maximum atomic E-state index is 16.9. The first kappa shape index (κ1) is 38.8. The fraction of sp³-hybridized carbons (Fsp3) is 0.667. The summed E-state index contributed by atoms with van der Waals surface area (Å²) in [6, 6.07) is -0.606. The summed E-state index contributed by atoms with van der Waals surface area (Å²) in [4.78, 5) is 34.8. The summed E-state index contributed by atoms with van der Waals surface area (Å²) in [6.07, 6.45) is 5.37. The van der Waals surface area contributed by atoms with Crippen molar-refractivity contribution >= 4 is 42.9 Å². The van der Waals surface area contributed by atoms with E-state index in [-0.39, 0.29) is 62.5 Å². The Kier molecular flexibility index (Phi) is 10.7. The Labute approximate surface area is 313 Å². The van der Waals surface area contributed by atoms with Crippen molar-refractivity contribution < 1.29 is 37.5 Å². The van der Waals surface area contributed by atoms with E-state index in [1.807, 2.05) is 50.8 Å². The highest BCUT2D eigenvalue weighted by atomic mass is 35.5. The Morgan fingerprint density at radius 3 is 2.29 bits per heavy atom. The van der Waals surface area contributed by atoms with Crippen LogP contribution in [0, 0.1) is 17.7 Å². The number of anilines is 1. The van der Waals surface area contributed by atoms with Gasteiger partial charge in [0, 0.05) is 30.1 Å². The molecular formula is C39H55ClFN3O7Si. The molecule has 13 heteroatoms. The molecule has 0 unspecified atom stereocenters. The van der Waals surface area contributed by atoms with E-state index in [1.165, 1.54) is 0 Å². The van der Waals surface area contributed by atoms with Crippen LogP contribution < -0.4 is 14.4 Å². The molecule has 0 radical (unpaired) electrons. The number of benzene rings is 1. The summed E-state index contributed by atoms with van der Waals surface area (Å²) in [7, 11) is 0.841. The lowest BCUT2D eigenvalue weighted by atomic mass is 9.57. The van der Waals surface area contributed by atoms with Crippen molar-refractivity contribution in [3.8, 4) is 11.6 Å². The molecule has 0 bridgehead atoms. The summed E-state index contributed by atoms with van der Waals surface area (Å²) in [6.45, 7) is 16.2. The Morgan fingerprint density at radius 1 is 1.06 bits per heavy atom. The van der Waals surface area contributed by atoms with Crippen LogP contribution >= 0.6 is 11.6 Å². The van der Waals surface area contributed by atoms with E-state index in [4.69, 9.17) is 30.0 Å². The van der Waals surface area contributed by atoms with Gasteiger partial charge in [0.05, 0.1) is 30.5 Å². The number of hydrogen-bond donors (Lipinski definition) is 1. The van der Waals surface area contributed by atoms with Crippen LogP contribution in [0.15, 0.2) is 10.1 Å². The van der Waals surface area contributed by atoms with Gasteiger partial charge in [0.15, 0.2) is 31.2 Å². The molecule has 1 saturated heterocycles. The predicted octanol–water partition coefficient (Wildman–Crippen LogP) is 8.72. The summed E-state index contributed by atoms with van der Waals surface area (Å²) in [5, 5.41) is 16.3. The monoisotopic (exact) mass is 759 g/mol. The van der Waals surface area contributed by atoms with Gasteiger partial charge in [-0.3, -0.25) is 14.5 Å². The lowest BCUT2D eigenvalue weighted by molar-refractivity contribution is -0.140. The Morgan fingerprint density at radius 2 is 1.69 bits per heavy atom. The van der Waals surface area contributed by atoms with Crippen molar-refractivity contribution in [2.24, 2.45) is 11.8 Å². The van der Waals surface area contributed by atoms with Crippen molar-refractivity contribution in [3.05, 3.63) is 38.9 Å². The Hall–Kier alpha value is -2.93. The molecule has 0 amide bonds. The quantitative estimate of drug-likeness (QED) is 0.128. The van der Waals surface area contributed by atoms with E-state index in [2.05, 4.69) is 25.9 Å². The molecule has 1 saturated carbocycles. The number of ketones is 2. The number of Topliss-reactive ketones (excluding diaryl/α,β-unsaturated/α-hetero) is 2. The van der Waals surface area contributed by atoms with Crippen LogP contribution in [0.1, 0.15) is 113 Å². The molecule has 286 valence electrons. The molecular weight excluding hydrogens is 705 g/mol. The number of rotatable bonds is 12. The second-order valence-corrected chi connectivity index (χ2v) is 21.8. The fourth-order valence-electron chi connectivity index (χ4n) is 8.25. The Balaban J connectivity index is 1.60. The van der Waals surface area contributed by atoms with Crippen molar-refractivity contribution in [2.75, 3.05) is 45.3 Å². The summed E-state index contributed by atoms with van der Waals surface area (Å²) in [5.41, 5.74) is -1.25. The van der Waals surface area contributed by atoms with Gasteiger partial charge in [0.2, 0.25) is 11.6 Å². The van der Waals surface area contributed by atoms with Crippen molar-refractivity contribution in [2.45, 2.75) is 116 Å². The molecule has 10 nitrogen and oxygen atoms in total. The average molecular weight is 760 g/mol. The van der Waals surface area contributed by atoms with E-state index < -0.39 is 54.9 Å².